The number of carboxylic acid groups (broad SMARTS) is 1. The van der Waals surface area contributed by atoms with E-state index < -0.39 is 11.6 Å². The summed E-state index contributed by atoms with van der Waals surface area (Å²) in [6.07, 6.45) is 2.32. The molecular formula is C21H23Br2NO5. The van der Waals surface area contributed by atoms with Gasteiger partial charge in [-0.1, -0.05) is 19.0 Å². The van der Waals surface area contributed by atoms with E-state index in [4.69, 9.17) is 14.7 Å². The highest BCUT2D eigenvalue weighted by Gasteiger charge is 2.29. The van der Waals surface area contributed by atoms with Crippen molar-refractivity contribution in [2.24, 2.45) is 5.16 Å². The molecule has 0 aromatic heterocycles. The van der Waals surface area contributed by atoms with Gasteiger partial charge in [-0.05, 0) is 93.9 Å². The zero-order valence-corrected chi connectivity index (χ0v) is 19.7. The topological polar surface area (TPSA) is 88.4 Å². The number of carboxylic acids is 1. The number of aromatic hydroxyl groups is 1. The molecule has 8 heteroatoms. The summed E-state index contributed by atoms with van der Waals surface area (Å²) in [4.78, 5) is 16.1. The molecule has 0 saturated heterocycles. The maximum Gasteiger partial charge on any atom is 0.350 e. The molecule has 0 aliphatic rings. The fourth-order valence-electron chi connectivity index (χ4n) is 2.34. The molecule has 1 unspecified atom stereocenters. The SMILES string of the molecule is CCC(C)c1cc(Oc2c(Br)cc(/C=N/OC(C)(C)C(=O)O)cc2Br)ccc1O. The van der Waals surface area contributed by atoms with Crippen molar-refractivity contribution >= 4 is 44.0 Å². The average molecular weight is 529 g/mol. The Hall–Kier alpha value is -2.06. The van der Waals surface area contributed by atoms with Crippen LogP contribution >= 0.6 is 31.9 Å². The normalized spacial score (nSPS) is 12.8. The van der Waals surface area contributed by atoms with Crippen molar-refractivity contribution in [3.63, 3.8) is 0 Å². The molecule has 0 fully saturated rings. The van der Waals surface area contributed by atoms with Gasteiger partial charge in [-0.25, -0.2) is 4.79 Å². The van der Waals surface area contributed by atoms with Crippen LogP contribution in [0.15, 0.2) is 44.4 Å². The summed E-state index contributed by atoms with van der Waals surface area (Å²) < 4.78 is 7.36. The van der Waals surface area contributed by atoms with Crippen molar-refractivity contribution in [1.82, 2.24) is 0 Å². The van der Waals surface area contributed by atoms with Gasteiger partial charge in [0.05, 0.1) is 15.2 Å². The lowest BCUT2D eigenvalue weighted by atomic mass is 9.97. The minimum absolute atomic E-state index is 0.207. The molecule has 0 spiro atoms. The van der Waals surface area contributed by atoms with E-state index in [9.17, 15) is 9.90 Å². The van der Waals surface area contributed by atoms with Crippen molar-refractivity contribution < 1.29 is 24.6 Å². The molecular weight excluding hydrogens is 506 g/mol. The molecule has 2 aromatic carbocycles. The predicted octanol–water partition coefficient (Wildman–Crippen LogP) is 6.44. The van der Waals surface area contributed by atoms with Crippen LogP contribution in [-0.2, 0) is 9.63 Å². The number of nitrogens with zero attached hydrogens (tertiary/aromatic N) is 1. The van der Waals surface area contributed by atoms with Crippen LogP contribution in [0.2, 0.25) is 0 Å². The van der Waals surface area contributed by atoms with E-state index in [1.165, 1.54) is 20.1 Å². The lowest BCUT2D eigenvalue weighted by Gasteiger charge is -2.16. The fourth-order valence-corrected chi connectivity index (χ4v) is 3.72. The molecule has 0 bridgehead atoms. The Morgan fingerprint density at radius 1 is 1.24 bits per heavy atom. The quantitative estimate of drug-likeness (QED) is 0.304. The predicted molar refractivity (Wildman–Crippen MR) is 119 cm³/mol. The van der Waals surface area contributed by atoms with Gasteiger partial charge in [-0.3, -0.25) is 0 Å². The number of hydrogen-bond acceptors (Lipinski definition) is 5. The zero-order chi connectivity index (χ0) is 21.8. The summed E-state index contributed by atoms with van der Waals surface area (Å²) >= 11 is 6.97. The second-order valence-electron chi connectivity index (χ2n) is 7.09. The second kappa shape index (κ2) is 9.63. The molecule has 0 saturated carbocycles. The van der Waals surface area contributed by atoms with E-state index in [1.807, 2.05) is 13.0 Å². The van der Waals surface area contributed by atoms with Gasteiger partial charge < -0.3 is 19.8 Å². The lowest BCUT2D eigenvalue weighted by molar-refractivity contribution is -0.161. The number of ether oxygens (including phenoxy) is 1. The highest BCUT2D eigenvalue weighted by Crippen LogP contribution is 2.39. The van der Waals surface area contributed by atoms with Gasteiger partial charge in [-0.15, -0.1) is 0 Å². The standard InChI is InChI=1S/C21H23Br2NO5/c1-5-12(2)15-10-14(6-7-18(15)25)28-19-16(22)8-13(9-17(19)23)11-24-29-21(3,4)20(26)27/h6-12,25H,5H2,1-4H3,(H,26,27)/b24-11+. The molecule has 2 rings (SSSR count). The molecule has 2 N–H and O–H groups in total. The number of phenols is 1. The molecule has 29 heavy (non-hydrogen) atoms. The third kappa shape index (κ3) is 5.96. The van der Waals surface area contributed by atoms with Crippen molar-refractivity contribution in [3.8, 4) is 17.2 Å². The molecule has 0 aliphatic carbocycles. The van der Waals surface area contributed by atoms with E-state index in [0.717, 1.165) is 12.0 Å². The first-order valence-corrected chi connectivity index (χ1v) is 10.6. The fraction of sp³-hybridized carbons (Fsp3) is 0.333. The van der Waals surface area contributed by atoms with E-state index in [1.54, 1.807) is 24.3 Å². The molecule has 0 aliphatic heterocycles. The van der Waals surface area contributed by atoms with Crippen LogP contribution in [0.5, 0.6) is 17.2 Å². The number of halogens is 2. The van der Waals surface area contributed by atoms with Gasteiger partial charge in [0.15, 0.2) is 5.75 Å². The Bertz CT molecular complexity index is 904. The van der Waals surface area contributed by atoms with Crippen LogP contribution in [0.4, 0.5) is 0 Å². The summed E-state index contributed by atoms with van der Waals surface area (Å²) in [6.45, 7) is 6.94. The van der Waals surface area contributed by atoms with Gasteiger partial charge in [-0.2, -0.15) is 0 Å². The molecule has 1 atom stereocenters. The summed E-state index contributed by atoms with van der Waals surface area (Å²) in [6, 6.07) is 8.71. The van der Waals surface area contributed by atoms with Gasteiger partial charge in [0.2, 0.25) is 5.60 Å². The van der Waals surface area contributed by atoms with Gasteiger partial charge >= 0.3 is 5.97 Å². The Morgan fingerprint density at radius 2 is 1.86 bits per heavy atom. The Labute approximate surface area is 186 Å². The van der Waals surface area contributed by atoms with Gasteiger partial charge in [0, 0.05) is 5.56 Å². The van der Waals surface area contributed by atoms with Crippen molar-refractivity contribution in [2.45, 2.75) is 45.6 Å². The lowest BCUT2D eigenvalue weighted by Crippen LogP contribution is -2.32. The smallest absolute Gasteiger partial charge is 0.350 e. The van der Waals surface area contributed by atoms with E-state index >= 15 is 0 Å². The molecule has 2 aromatic rings. The summed E-state index contributed by atoms with van der Waals surface area (Å²) in [5, 5.41) is 22.9. The monoisotopic (exact) mass is 527 g/mol. The number of carbonyl (C=O) groups is 1. The van der Waals surface area contributed by atoms with Gasteiger partial charge in [0.1, 0.15) is 11.5 Å². The second-order valence-corrected chi connectivity index (χ2v) is 8.80. The first-order chi connectivity index (χ1) is 13.5. The van der Waals surface area contributed by atoms with Crippen LogP contribution in [0.25, 0.3) is 0 Å². The van der Waals surface area contributed by atoms with E-state index in [0.29, 0.717) is 26.0 Å². The third-order valence-corrected chi connectivity index (χ3v) is 5.56. The number of phenolic OH excluding ortho intramolecular Hbond substituents is 1. The average Bonchev–Trinajstić information content (AvgIpc) is 2.65. The van der Waals surface area contributed by atoms with Crippen LogP contribution in [0, 0.1) is 0 Å². The minimum Gasteiger partial charge on any atom is -0.508 e. The number of rotatable bonds is 8. The highest BCUT2D eigenvalue weighted by molar-refractivity contribution is 9.11. The maximum absolute atomic E-state index is 11.1. The Morgan fingerprint density at radius 3 is 2.41 bits per heavy atom. The van der Waals surface area contributed by atoms with Crippen LogP contribution in [-0.4, -0.2) is 28.0 Å². The molecule has 6 nitrogen and oxygen atoms in total. The maximum atomic E-state index is 11.1. The zero-order valence-electron chi connectivity index (χ0n) is 16.6. The van der Waals surface area contributed by atoms with Crippen LogP contribution < -0.4 is 4.74 Å². The highest BCUT2D eigenvalue weighted by atomic mass is 79.9. The number of aliphatic carboxylic acids is 1. The third-order valence-electron chi connectivity index (χ3n) is 4.38. The first-order valence-electron chi connectivity index (χ1n) is 9.00. The van der Waals surface area contributed by atoms with Gasteiger partial charge in [0.25, 0.3) is 0 Å². The first kappa shape index (κ1) is 23.2. The Kier molecular flexibility index (Phi) is 7.71. The number of hydrogen-bond donors (Lipinski definition) is 2. The van der Waals surface area contributed by atoms with Crippen molar-refractivity contribution in [3.05, 3.63) is 50.4 Å². The Balaban J connectivity index is 2.23. The summed E-state index contributed by atoms with van der Waals surface area (Å²) in [7, 11) is 0. The molecule has 0 amide bonds. The largest absolute Gasteiger partial charge is 0.508 e. The van der Waals surface area contributed by atoms with E-state index in [2.05, 4.69) is 43.9 Å². The molecule has 156 valence electrons. The number of oxime groups is 1. The minimum atomic E-state index is -1.42. The molecule has 0 heterocycles. The van der Waals surface area contributed by atoms with Crippen molar-refractivity contribution in [1.29, 1.82) is 0 Å². The van der Waals surface area contributed by atoms with E-state index in [-0.39, 0.29) is 11.7 Å². The summed E-state index contributed by atoms with van der Waals surface area (Å²) in [5.41, 5.74) is 0.0997. The summed E-state index contributed by atoms with van der Waals surface area (Å²) in [5.74, 6) is 0.522. The van der Waals surface area contributed by atoms with Crippen LogP contribution in [0.3, 0.4) is 0 Å². The van der Waals surface area contributed by atoms with Crippen molar-refractivity contribution in [2.75, 3.05) is 0 Å². The van der Waals surface area contributed by atoms with Crippen LogP contribution in [0.1, 0.15) is 51.2 Å². The molecule has 0 radical (unpaired) electrons. The number of benzene rings is 2.